The molecule has 0 aromatic carbocycles. The van der Waals surface area contributed by atoms with Gasteiger partial charge in [-0.15, -0.1) is 5.10 Å². The minimum absolute atomic E-state index is 0.285. The summed E-state index contributed by atoms with van der Waals surface area (Å²) in [5.74, 6) is 1.56. The van der Waals surface area contributed by atoms with E-state index in [4.69, 9.17) is 4.74 Å². The van der Waals surface area contributed by atoms with Crippen molar-refractivity contribution in [3.63, 3.8) is 0 Å². The van der Waals surface area contributed by atoms with Crippen LogP contribution in [0.4, 0.5) is 5.82 Å². The van der Waals surface area contributed by atoms with E-state index in [0.29, 0.717) is 12.0 Å². The highest BCUT2D eigenvalue weighted by Gasteiger charge is 2.26. The average molecular weight is 278 g/mol. The number of rotatable bonds is 5. The Labute approximate surface area is 121 Å². The Morgan fingerprint density at radius 1 is 1.40 bits per heavy atom. The van der Waals surface area contributed by atoms with Gasteiger partial charge in [-0.2, -0.15) is 5.10 Å². The molecule has 2 atom stereocenters. The van der Waals surface area contributed by atoms with Gasteiger partial charge in [0.25, 0.3) is 0 Å². The summed E-state index contributed by atoms with van der Waals surface area (Å²) in [6.07, 6.45) is 1.42. The second-order valence-corrected chi connectivity index (χ2v) is 5.90. The van der Waals surface area contributed by atoms with Gasteiger partial charge in [-0.3, -0.25) is 0 Å². The predicted octanol–water partition coefficient (Wildman–Crippen LogP) is 1.84. The molecular formula is C15H26N4O. The van der Waals surface area contributed by atoms with Crippen molar-refractivity contribution >= 4 is 5.82 Å². The zero-order chi connectivity index (χ0) is 14.5. The molecule has 1 aliphatic rings. The lowest BCUT2D eigenvalue weighted by Gasteiger charge is -2.36. The fourth-order valence-electron chi connectivity index (χ4n) is 2.47. The highest BCUT2D eigenvalue weighted by Crippen LogP contribution is 2.23. The SMILES string of the molecule is COC1CN(c2ccc(CNC(C)C)nn2)CCC1C. The third-order valence-corrected chi connectivity index (χ3v) is 3.91. The van der Waals surface area contributed by atoms with Crippen LogP contribution in [-0.4, -0.2) is 42.5 Å². The molecule has 1 saturated heterocycles. The van der Waals surface area contributed by atoms with Crippen LogP contribution in [0.15, 0.2) is 12.1 Å². The Bertz CT molecular complexity index is 407. The molecule has 1 aliphatic heterocycles. The van der Waals surface area contributed by atoms with Crippen LogP contribution in [0.5, 0.6) is 0 Å². The largest absolute Gasteiger partial charge is 0.379 e. The molecule has 1 N–H and O–H groups in total. The second kappa shape index (κ2) is 6.99. The van der Waals surface area contributed by atoms with Gasteiger partial charge in [0.1, 0.15) is 0 Å². The summed E-state index contributed by atoms with van der Waals surface area (Å²) in [6, 6.07) is 4.58. The van der Waals surface area contributed by atoms with Gasteiger partial charge in [-0.25, -0.2) is 0 Å². The number of anilines is 1. The van der Waals surface area contributed by atoms with Gasteiger partial charge >= 0.3 is 0 Å². The topological polar surface area (TPSA) is 50.3 Å². The number of hydrogen-bond acceptors (Lipinski definition) is 5. The van der Waals surface area contributed by atoms with Crippen molar-refractivity contribution in [2.75, 3.05) is 25.1 Å². The van der Waals surface area contributed by atoms with Gasteiger partial charge in [0.15, 0.2) is 5.82 Å². The molecule has 1 fully saturated rings. The van der Waals surface area contributed by atoms with Crippen LogP contribution < -0.4 is 10.2 Å². The Balaban J connectivity index is 1.96. The number of nitrogens with zero attached hydrogens (tertiary/aromatic N) is 3. The Morgan fingerprint density at radius 2 is 2.20 bits per heavy atom. The number of methoxy groups -OCH3 is 1. The molecule has 0 amide bonds. The highest BCUT2D eigenvalue weighted by molar-refractivity contribution is 5.38. The molecule has 5 heteroatoms. The fourth-order valence-corrected chi connectivity index (χ4v) is 2.47. The van der Waals surface area contributed by atoms with E-state index in [9.17, 15) is 0 Å². The van der Waals surface area contributed by atoms with Crippen molar-refractivity contribution in [3.8, 4) is 0 Å². The molecule has 0 saturated carbocycles. The van der Waals surface area contributed by atoms with E-state index in [-0.39, 0.29) is 6.10 Å². The van der Waals surface area contributed by atoms with Gasteiger partial charge in [-0.05, 0) is 24.5 Å². The lowest BCUT2D eigenvalue weighted by Crippen LogP contribution is -2.44. The van der Waals surface area contributed by atoms with E-state index >= 15 is 0 Å². The number of ether oxygens (including phenoxy) is 1. The second-order valence-electron chi connectivity index (χ2n) is 5.90. The van der Waals surface area contributed by atoms with Crippen molar-refractivity contribution in [2.45, 2.75) is 45.9 Å². The van der Waals surface area contributed by atoms with Crippen molar-refractivity contribution in [2.24, 2.45) is 5.92 Å². The van der Waals surface area contributed by atoms with E-state index < -0.39 is 0 Å². The maximum Gasteiger partial charge on any atom is 0.151 e. The minimum atomic E-state index is 0.285. The van der Waals surface area contributed by atoms with E-state index in [1.165, 1.54) is 0 Å². The molecule has 0 bridgehead atoms. The van der Waals surface area contributed by atoms with Crippen molar-refractivity contribution in [1.82, 2.24) is 15.5 Å². The number of hydrogen-bond donors (Lipinski definition) is 1. The Morgan fingerprint density at radius 3 is 2.80 bits per heavy atom. The summed E-state index contributed by atoms with van der Waals surface area (Å²) in [5.41, 5.74) is 0.983. The monoisotopic (exact) mass is 278 g/mol. The van der Waals surface area contributed by atoms with Crippen LogP contribution in [0.3, 0.4) is 0 Å². The lowest BCUT2D eigenvalue weighted by molar-refractivity contribution is 0.0496. The summed E-state index contributed by atoms with van der Waals surface area (Å²) in [7, 11) is 1.79. The lowest BCUT2D eigenvalue weighted by atomic mass is 9.96. The zero-order valence-corrected chi connectivity index (χ0v) is 13.0. The first-order chi connectivity index (χ1) is 9.60. The molecule has 2 unspecified atom stereocenters. The summed E-state index contributed by atoms with van der Waals surface area (Å²) in [6.45, 7) is 9.19. The highest BCUT2D eigenvalue weighted by atomic mass is 16.5. The van der Waals surface area contributed by atoms with E-state index in [1.807, 2.05) is 0 Å². The standard InChI is InChI=1S/C15H26N4O/c1-11(2)16-9-13-5-6-15(18-17-13)19-8-7-12(3)14(10-19)20-4/h5-6,11-12,14,16H,7-10H2,1-4H3. The normalized spacial score (nSPS) is 23.4. The van der Waals surface area contributed by atoms with Gasteiger partial charge in [0, 0.05) is 32.8 Å². The number of aromatic nitrogens is 2. The van der Waals surface area contributed by atoms with E-state index in [1.54, 1.807) is 7.11 Å². The molecule has 0 spiro atoms. The predicted molar refractivity (Wildman–Crippen MR) is 80.8 cm³/mol. The zero-order valence-electron chi connectivity index (χ0n) is 13.0. The molecule has 1 aromatic heterocycles. The number of piperidine rings is 1. The first-order valence-electron chi connectivity index (χ1n) is 7.44. The van der Waals surface area contributed by atoms with Crippen LogP contribution in [0.1, 0.15) is 32.9 Å². The molecule has 2 rings (SSSR count). The van der Waals surface area contributed by atoms with Crippen LogP contribution in [0.2, 0.25) is 0 Å². The maximum absolute atomic E-state index is 5.54. The summed E-state index contributed by atoms with van der Waals surface area (Å²) in [4.78, 5) is 2.26. The molecule has 2 heterocycles. The van der Waals surface area contributed by atoms with Gasteiger partial charge < -0.3 is 15.0 Å². The molecule has 20 heavy (non-hydrogen) atoms. The number of nitrogens with one attached hydrogen (secondary N) is 1. The average Bonchev–Trinajstić information content (AvgIpc) is 2.46. The molecule has 0 aliphatic carbocycles. The third kappa shape index (κ3) is 3.90. The smallest absolute Gasteiger partial charge is 0.151 e. The summed E-state index contributed by atoms with van der Waals surface area (Å²) in [5, 5.41) is 12.0. The summed E-state index contributed by atoms with van der Waals surface area (Å²) < 4.78 is 5.54. The minimum Gasteiger partial charge on any atom is -0.379 e. The first-order valence-corrected chi connectivity index (χ1v) is 7.44. The van der Waals surface area contributed by atoms with Crippen molar-refractivity contribution in [1.29, 1.82) is 0 Å². The first kappa shape index (κ1) is 15.2. The molecule has 1 aromatic rings. The maximum atomic E-state index is 5.54. The van der Waals surface area contributed by atoms with Crippen LogP contribution in [0, 0.1) is 5.92 Å². The molecule has 112 valence electrons. The van der Waals surface area contributed by atoms with E-state index in [0.717, 1.165) is 37.6 Å². The Kier molecular flexibility index (Phi) is 5.31. The fraction of sp³-hybridized carbons (Fsp3) is 0.733. The van der Waals surface area contributed by atoms with Gasteiger partial charge in [0.05, 0.1) is 11.8 Å². The molecule has 5 nitrogen and oxygen atoms in total. The molecular weight excluding hydrogens is 252 g/mol. The third-order valence-electron chi connectivity index (χ3n) is 3.91. The van der Waals surface area contributed by atoms with E-state index in [2.05, 4.69) is 53.3 Å². The van der Waals surface area contributed by atoms with Crippen molar-refractivity contribution in [3.05, 3.63) is 17.8 Å². The quantitative estimate of drug-likeness (QED) is 0.890. The van der Waals surface area contributed by atoms with Crippen LogP contribution >= 0.6 is 0 Å². The Hall–Kier alpha value is -1.20. The van der Waals surface area contributed by atoms with Crippen LogP contribution in [-0.2, 0) is 11.3 Å². The van der Waals surface area contributed by atoms with Gasteiger partial charge in [0.2, 0.25) is 0 Å². The van der Waals surface area contributed by atoms with Crippen LogP contribution in [0.25, 0.3) is 0 Å². The summed E-state index contributed by atoms with van der Waals surface area (Å²) >= 11 is 0. The van der Waals surface area contributed by atoms with Crippen molar-refractivity contribution < 1.29 is 4.74 Å². The van der Waals surface area contributed by atoms with Gasteiger partial charge in [-0.1, -0.05) is 20.8 Å². The molecule has 0 radical (unpaired) electrons.